The third-order valence-corrected chi connectivity index (χ3v) is 6.40. The first-order valence-electron chi connectivity index (χ1n) is 13.0. The Hall–Kier alpha value is -4.97. The number of rotatable bonds is 9. The lowest BCUT2D eigenvalue weighted by atomic mass is 10.0. The third kappa shape index (κ3) is 7.17. The molecule has 0 spiro atoms. The standard InChI is InChI=1S/C35H31FO5/c1-21(2)34(37)40-31-14-11-27(17-23(31)5)26-9-7-25(8-10-26)20-39-33-16-13-29(19-30(33)36)28-12-15-32(24(6)18-28)41-35(38)22(3)4/h7-19H,1,3,20H2,2,4-6H3. The number of carbonyl (C=O) groups excluding carboxylic acids is 2. The quantitative estimate of drug-likeness (QED) is 0.119. The van der Waals surface area contributed by atoms with E-state index in [2.05, 4.69) is 13.2 Å². The highest BCUT2D eigenvalue weighted by molar-refractivity contribution is 5.89. The van der Waals surface area contributed by atoms with E-state index in [9.17, 15) is 14.0 Å². The molecule has 41 heavy (non-hydrogen) atoms. The summed E-state index contributed by atoms with van der Waals surface area (Å²) >= 11 is 0. The summed E-state index contributed by atoms with van der Waals surface area (Å²) in [4.78, 5) is 23.6. The molecule has 0 saturated heterocycles. The van der Waals surface area contributed by atoms with Gasteiger partial charge in [-0.2, -0.15) is 0 Å². The first-order chi connectivity index (χ1) is 19.5. The number of esters is 2. The normalized spacial score (nSPS) is 10.6. The van der Waals surface area contributed by atoms with E-state index in [1.807, 2.05) is 56.3 Å². The van der Waals surface area contributed by atoms with Crippen molar-refractivity contribution in [1.29, 1.82) is 0 Å². The largest absolute Gasteiger partial charge is 0.486 e. The van der Waals surface area contributed by atoms with Crippen LogP contribution in [0.5, 0.6) is 17.2 Å². The highest BCUT2D eigenvalue weighted by atomic mass is 19.1. The van der Waals surface area contributed by atoms with Crippen LogP contribution in [0.4, 0.5) is 4.39 Å². The molecule has 4 aromatic carbocycles. The first kappa shape index (κ1) is 29.0. The van der Waals surface area contributed by atoms with Crippen molar-refractivity contribution in [2.24, 2.45) is 0 Å². The predicted molar refractivity (Wildman–Crippen MR) is 158 cm³/mol. The number of hydrogen-bond donors (Lipinski definition) is 0. The molecule has 0 fully saturated rings. The molecule has 0 amide bonds. The van der Waals surface area contributed by atoms with Gasteiger partial charge in [0.1, 0.15) is 18.1 Å². The Labute approximate surface area is 239 Å². The molecule has 4 rings (SSSR count). The second-order valence-corrected chi connectivity index (χ2v) is 9.93. The molecule has 6 heteroatoms. The van der Waals surface area contributed by atoms with E-state index in [0.717, 1.165) is 33.4 Å². The summed E-state index contributed by atoms with van der Waals surface area (Å²) in [5, 5.41) is 0. The van der Waals surface area contributed by atoms with E-state index < -0.39 is 17.8 Å². The van der Waals surface area contributed by atoms with Gasteiger partial charge in [0, 0.05) is 11.1 Å². The van der Waals surface area contributed by atoms with Gasteiger partial charge in [0.05, 0.1) is 0 Å². The summed E-state index contributed by atoms with van der Waals surface area (Å²) in [6, 6.07) is 23.5. The van der Waals surface area contributed by atoms with Gasteiger partial charge in [-0.1, -0.05) is 55.6 Å². The van der Waals surface area contributed by atoms with Crippen molar-refractivity contribution in [3.8, 4) is 39.5 Å². The lowest BCUT2D eigenvalue weighted by Gasteiger charge is -2.12. The maximum atomic E-state index is 14.9. The Morgan fingerprint density at radius 2 is 1.05 bits per heavy atom. The number of carbonyl (C=O) groups is 2. The summed E-state index contributed by atoms with van der Waals surface area (Å²) in [6.45, 7) is 14.3. The fourth-order valence-electron chi connectivity index (χ4n) is 4.01. The molecule has 5 nitrogen and oxygen atoms in total. The zero-order valence-electron chi connectivity index (χ0n) is 23.5. The Balaban J connectivity index is 1.40. The lowest BCUT2D eigenvalue weighted by molar-refractivity contribution is -0.131. The zero-order valence-corrected chi connectivity index (χ0v) is 23.5. The van der Waals surface area contributed by atoms with E-state index >= 15 is 0 Å². The van der Waals surface area contributed by atoms with Crippen molar-refractivity contribution in [2.45, 2.75) is 34.3 Å². The lowest BCUT2D eigenvalue weighted by Crippen LogP contribution is -2.09. The van der Waals surface area contributed by atoms with Crippen LogP contribution < -0.4 is 14.2 Å². The van der Waals surface area contributed by atoms with Gasteiger partial charge in [-0.15, -0.1) is 0 Å². The fourth-order valence-corrected chi connectivity index (χ4v) is 4.01. The Morgan fingerprint density at radius 1 is 0.634 bits per heavy atom. The van der Waals surface area contributed by atoms with E-state index in [-0.39, 0.29) is 12.4 Å². The molecule has 0 aliphatic heterocycles. The topological polar surface area (TPSA) is 61.8 Å². The molecule has 0 N–H and O–H groups in total. The van der Waals surface area contributed by atoms with Gasteiger partial charge in [-0.25, -0.2) is 14.0 Å². The number of aryl methyl sites for hydroxylation is 2. The number of benzene rings is 4. The molecule has 0 aliphatic rings. The highest BCUT2D eigenvalue weighted by Gasteiger charge is 2.12. The maximum absolute atomic E-state index is 14.9. The zero-order chi connectivity index (χ0) is 29.7. The van der Waals surface area contributed by atoms with Crippen molar-refractivity contribution >= 4 is 11.9 Å². The minimum atomic E-state index is -0.490. The van der Waals surface area contributed by atoms with E-state index in [4.69, 9.17) is 14.2 Å². The van der Waals surface area contributed by atoms with Crippen LogP contribution in [0.2, 0.25) is 0 Å². The maximum Gasteiger partial charge on any atom is 0.338 e. The molecule has 0 aromatic heterocycles. The molecule has 0 radical (unpaired) electrons. The number of ether oxygens (including phenoxy) is 3. The molecule has 0 unspecified atom stereocenters. The Kier molecular flexibility index (Phi) is 8.83. The second-order valence-electron chi connectivity index (χ2n) is 9.93. The van der Waals surface area contributed by atoms with Crippen molar-refractivity contribution < 1.29 is 28.2 Å². The van der Waals surface area contributed by atoms with Crippen molar-refractivity contribution in [1.82, 2.24) is 0 Å². The Bertz CT molecular complexity index is 1650. The van der Waals surface area contributed by atoms with Gasteiger partial charge < -0.3 is 14.2 Å². The van der Waals surface area contributed by atoms with E-state index in [0.29, 0.717) is 28.2 Å². The SMILES string of the molecule is C=C(C)C(=O)Oc1ccc(-c2ccc(COc3ccc(-c4ccc(OC(=O)C(=C)C)c(C)c4)cc3F)cc2)cc1C. The number of halogens is 1. The molecular weight excluding hydrogens is 519 g/mol. The fraction of sp³-hybridized carbons (Fsp3) is 0.143. The molecule has 0 atom stereocenters. The van der Waals surface area contributed by atoms with Crippen molar-refractivity contribution in [2.75, 3.05) is 0 Å². The van der Waals surface area contributed by atoms with Gasteiger partial charge in [0.2, 0.25) is 0 Å². The average molecular weight is 551 g/mol. The smallest absolute Gasteiger partial charge is 0.338 e. The molecule has 0 aliphatic carbocycles. The van der Waals surface area contributed by atoms with Crippen LogP contribution >= 0.6 is 0 Å². The van der Waals surface area contributed by atoms with Crippen LogP contribution in [0.3, 0.4) is 0 Å². The molecule has 208 valence electrons. The van der Waals surface area contributed by atoms with Gasteiger partial charge in [0.25, 0.3) is 0 Å². The van der Waals surface area contributed by atoms with E-state index in [1.165, 1.54) is 6.07 Å². The van der Waals surface area contributed by atoms with Gasteiger partial charge in [-0.3, -0.25) is 0 Å². The molecule has 0 bridgehead atoms. The number of hydrogen-bond acceptors (Lipinski definition) is 5. The van der Waals surface area contributed by atoms with Crippen LogP contribution in [0.1, 0.15) is 30.5 Å². The first-order valence-corrected chi connectivity index (χ1v) is 13.0. The van der Waals surface area contributed by atoms with Crippen molar-refractivity contribution in [3.63, 3.8) is 0 Å². The van der Waals surface area contributed by atoms with Crippen LogP contribution in [0.25, 0.3) is 22.3 Å². The minimum Gasteiger partial charge on any atom is -0.486 e. The summed E-state index contributed by atoms with van der Waals surface area (Å²) in [5.74, 6) is -0.338. The second kappa shape index (κ2) is 12.5. The summed E-state index contributed by atoms with van der Waals surface area (Å²) in [7, 11) is 0. The van der Waals surface area contributed by atoms with Crippen LogP contribution in [0, 0.1) is 19.7 Å². The molecular formula is C35H31FO5. The minimum absolute atomic E-state index is 0.150. The summed E-state index contributed by atoms with van der Waals surface area (Å²) < 4.78 is 31.4. The van der Waals surface area contributed by atoms with Crippen molar-refractivity contribution in [3.05, 3.63) is 126 Å². The summed E-state index contributed by atoms with van der Waals surface area (Å²) in [6.07, 6.45) is 0. The van der Waals surface area contributed by atoms with Gasteiger partial charge in [0.15, 0.2) is 11.6 Å². The van der Waals surface area contributed by atoms with E-state index in [1.54, 1.807) is 44.2 Å². The van der Waals surface area contributed by atoms with Crippen LogP contribution in [0.15, 0.2) is 103 Å². The molecule has 4 aromatic rings. The molecule has 0 heterocycles. The molecule has 0 saturated carbocycles. The average Bonchev–Trinajstić information content (AvgIpc) is 2.94. The monoisotopic (exact) mass is 550 g/mol. The van der Waals surface area contributed by atoms with Gasteiger partial charge >= 0.3 is 11.9 Å². The Morgan fingerprint density at radius 3 is 1.49 bits per heavy atom. The van der Waals surface area contributed by atoms with Crippen LogP contribution in [-0.4, -0.2) is 11.9 Å². The predicted octanol–water partition coefficient (Wildman–Crippen LogP) is 8.32. The van der Waals surface area contributed by atoms with Crippen LogP contribution in [-0.2, 0) is 16.2 Å². The highest BCUT2D eigenvalue weighted by Crippen LogP contribution is 2.31. The third-order valence-electron chi connectivity index (χ3n) is 6.40. The summed E-state index contributed by atoms with van der Waals surface area (Å²) in [5.41, 5.74) is 6.55. The van der Waals surface area contributed by atoms with Gasteiger partial charge in [-0.05, 0) is 103 Å².